The van der Waals surface area contributed by atoms with Gasteiger partial charge in [-0.3, -0.25) is 0 Å². The van der Waals surface area contributed by atoms with Crippen LogP contribution >= 0.6 is 0 Å². The molecule has 0 amide bonds. The molecular weight excluding hydrogens is 727 g/mol. The molecule has 0 fully saturated rings. The van der Waals surface area contributed by atoms with Crippen molar-refractivity contribution in [3.8, 4) is 55.6 Å². The molecule has 282 valence electrons. The van der Waals surface area contributed by atoms with Crippen molar-refractivity contribution in [1.29, 1.82) is 0 Å². The van der Waals surface area contributed by atoms with Crippen LogP contribution in [-0.4, -0.2) is 0 Å². The molecule has 0 unspecified atom stereocenters. The topological polar surface area (TPSA) is 16.4 Å². The van der Waals surface area contributed by atoms with Crippen LogP contribution in [-0.2, 0) is 0 Å². The lowest BCUT2D eigenvalue weighted by atomic mass is 9.95. The van der Waals surface area contributed by atoms with Crippen molar-refractivity contribution in [2.75, 3.05) is 4.90 Å². The van der Waals surface area contributed by atoms with E-state index in [2.05, 4.69) is 12.1 Å². The third-order valence-electron chi connectivity index (χ3n) is 10.7. The van der Waals surface area contributed by atoms with E-state index in [-0.39, 0.29) is 5.69 Å². The summed E-state index contributed by atoms with van der Waals surface area (Å²) in [6, 6.07) is 41.9. The Morgan fingerprint density at radius 1 is 0.350 bits per heavy atom. The van der Waals surface area contributed by atoms with Crippen LogP contribution in [0.3, 0.4) is 0 Å². The van der Waals surface area contributed by atoms with Crippen molar-refractivity contribution in [3.63, 3.8) is 0 Å². The summed E-state index contributed by atoms with van der Waals surface area (Å²) in [4.78, 5) is 1.66. The van der Waals surface area contributed by atoms with Crippen LogP contribution in [0.15, 0.2) is 241 Å². The summed E-state index contributed by atoms with van der Waals surface area (Å²) in [7, 11) is 0. The predicted octanol–water partition coefficient (Wildman–Crippen LogP) is 16.5. The van der Waals surface area contributed by atoms with Gasteiger partial charge in [-0.25, -0.2) is 0 Å². The molecule has 0 radical (unpaired) electrons. The van der Waals surface area contributed by atoms with Gasteiger partial charge in [0, 0.05) is 33.1 Å². The van der Waals surface area contributed by atoms with Crippen LogP contribution in [0.1, 0.15) is 17.8 Å². The van der Waals surface area contributed by atoms with Crippen molar-refractivity contribution in [2.45, 2.75) is 0 Å². The molecule has 11 rings (SSSR count). The Hall–Kier alpha value is -7.94. The average molecular weight is 779 g/mol. The van der Waals surface area contributed by atoms with Crippen LogP contribution < -0.4 is 4.90 Å². The van der Waals surface area contributed by atoms with Crippen LogP contribution in [0.4, 0.5) is 17.1 Å². The molecule has 60 heavy (non-hydrogen) atoms. The largest absolute Gasteiger partial charge is 0.455 e. The molecule has 0 saturated heterocycles. The van der Waals surface area contributed by atoms with E-state index in [9.17, 15) is 5.48 Å². The highest BCUT2D eigenvalue weighted by molar-refractivity contribution is 6.19. The van der Waals surface area contributed by atoms with E-state index >= 15 is 0 Å². The van der Waals surface area contributed by atoms with E-state index in [1.807, 2.05) is 146 Å². The molecule has 2 heteroatoms. The highest BCUT2D eigenvalue weighted by atomic mass is 16.3. The first-order chi connectivity index (χ1) is 35.2. The minimum absolute atomic E-state index is 0.160. The quantitative estimate of drug-likeness (QED) is 0.153. The summed E-state index contributed by atoms with van der Waals surface area (Å²) in [6.45, 7) is 0. The maximum absolute atomic E-state index is 9.76. The first-order valence-electron chi connectivity index (χ1n) is 25.9. The predicted molar refractivity (Wildman–Crippen MR) is 253 cm³/mol. The van der Waals surface area contributed by atoms with Gasteiger partial charge in [-0.1, -0.05) is 194 Å². The highest BCUT2D eigenvalue weighted by Gasteiger charge is 2.21. The first kappa shape index (κ1) is 24.1. The fourth-order valence-electron chi connectivity index (χ4n) is 7.83. The van der Waals surface area contributed by atoms with Gasteiger partial charge in [0.1, 0.15) is 11.2 Å². The molecule has 10 aromatic carbocycles. The number of benzene rings is 10. The van der Waals surface area contributed by atoms with Crippen molar-refractivity contribution in [1.82, 2.24) is 0 Å². The smallest absolute Gasteiger partial charge is 0.143 e. The maximum Gasteiger partial charge on any atom is 0.143 e. The number of fused-ring (bicyclic) bond motifs is 5. The Balaban J connectivity index is 1.12. The Morgan fingerprint density at radius 2 is 0.900 bits per heavy atom. The standard InChI is InChI=1S/C58H39NO/c1-3-12-40(13-4-1)42-22-26-44(27-23-42)46-30-35-49(36-31-46)59(50-37-32-47(33-38-50)45-28-24-43(25-29-45)41-14-5-2-6-15-41)55-20-10-9-18-52(55)53-19-11-21-56-57(53)54-39-34-48-16-7-8-17-51(48)58(54)60-56/h1-39H/i1D,3D,4D,12D,13D,22D,23D,26D,27D,30D,31D,35D,36D. The monoisotopic (exact) mass is 778 g/mol. The number of hydrogen-bond donors (Lipinski definition) is 0. The van der Waals surface area contributed by atoms with Gasteiger partial charge in [0.2, 0.25) is 0 Å². The average Bonchev–Trinajstić information content (AvgIpc) is 3.82. The minimum atomic E-state index is -0.783. The molecular formula is C58H39NO. The van der Waals surface area contributed by atoms with Gasteiger partial charge in [-0.05, 0) is 97.9 Å². The summed E-state index contributed by atoms with van der Waals surface area (Å²) in [5.74, 6) is 0. The van der Waals surface area contributed by atoms with Crippen molar-refractivity contribution >= 4 is 49.8 Å². The van der Waals surface area contributed by atoms with Crippen molar-refractivity contribution in [3.05, 3.63) is 236 Å². The van der Waals surface area contributed by atoms with E-state index in [1.165, 1.54) is 0 Å². The van der Waals surface area contributed by atoms with Gasteiger partial charge in [0.25, 0.3) is 0 Å². The zero-order valence-corrected chi connectivity index (χ0v) is 31.9. The second-order valence-corrected chi connectivity index (χ2v) is 14.3. The number of furan rings is 1. The second kappa shape index (κ2) is 15.1. The summed E-state index contributed by atoms with van der Waals surface area (Å²) >= 11 is 0. The van der Waals surface area contributed by atoms with Gasteiger partial charge in [0.05, 0.1) is 23.5 Å². The lowest BCUT2D eigenvalue weighted by Crippen LogP contribution is -2.11. The number of anilines is 3. The summed E-state index contributed by atoms with van der Waals surface area (Å²) < 4.78 is 123. The SMILES string of the molecule is [2H]c1c([2H])c([2H])c(-c2c([2H])c([2H])c(-c3c([2H])c([2H])c(N(c4ccc(-c5ccc(-c6ccccc6)cc5)cc4)c4ccccc4-c4cccc5oc6c7ccccc7ccc6c45)c([2H])c3[2H])c([2H])c2[2H])c([2H])c1[2H]. The molecule has 1 aromatic heterocycles. The van der Waals surface area contributed by atoms with Crippen molar-refractivity contribution in [2.24, 2.45) is 0 Å². The van der Waals surface area contributed by atoms with Crippen molar-refractivity contribution < 1.29 is 22.2 Å². The maximum atomic E-state index is 9.76. The van der Waals surface area contributed by atoms with Gasteiger partial charge >= 0.3 is 0 Å². The van der Waals surface area contributed by atoms with E-state index in [0.717, 1.165) is 49.4 Å². The molecule has 0 saturated carbocycles. The Bertz CT molecular complexity index is 3980. The summed E-state index contributed by atoms with van der Waals surface area (Å²) in [5, 5.41) is 3.67. The zero-order chi connectivity index (χ0) is 51.1. The summed E-state index contributed by atoms with van der Waals surface area (Å²) in [5.41, 5.74) is 5.42. The number of rotatable bonds is 8. The van der Waals surface area contributed by atoms with Gasteiger partial charge in [-0.2, -0.15) is 0 Å². The summed E-state index contributed by atoms with van der Waals surface area (Å²) in [6.07, 6.45) is 0. The third-order valence-corrected chi connectivity index (χ3v) is 10.7. The Kier molecular flexibility index (Phi) is 6.06. The Labute approximate surface area is 368 Å². The molecule has 0 atom stereocenters. The second-order valence-electron chi connectivity index (χ2n) is 14.3. The minimum Gasteiger partial charge on any atom is -0.455 e. The third kappa shape index (κ3) is 6.41. The zero-order valence-electron chi connectivity index (χ0n) is 44.9. The number of hydrogen-bond acceptors (Lipinski definition) is 2. The van der Waals surface area contributed by atoms with E-state index in [0.29, 0.717) is 28.1 Å². The van der Waals surface area contributed by atoms with Crippen LogP contribution in [0.5, 0.6) is 0 Å². The molecule has 2 nitrogen and oxygen atoms in total. The Morgan fingerprint density at radius 3 is 1.60 bits per heavy atom. The van der Waals surface area contributed by atoms with E-state index in [4.69, 9.17) is 16.8 Å². The van der Waals surface area contributed by atoms with E-state index < -0.39 is 101 Å². The number of nitrogens with zero attached hydrogens (tertiary/aromatic N) is 1. The molecule has 0 aliphatic heterocycles. The van der Waals surface area contributed by atoms with E-state index in [1.54, 1.807) is 4.90 Å². The molecule has 11 aromatic rings. The normalized spacial score (nSPS) is 14.4. The van der Waals surface area contributed by atoms with Crippen LogP contribution in [0, 0.1) is 0 Å². The fraction of sp³-hybridized carbons (Fsp3) is 0. The molecule has 0 N–H and O–H groups in total. The van der Waals surface area contributed by atoms with Gasteiger partial charge < -0.3 is 9.32 Å². The fourth-order valence-corrected chi connectivity index (χ4v) is 7.83. The van der Waals surface area contributed by atoms with Crippen LogP contribution in [0.25, 0.3) is 88.3 Å². The lowest BCUT2D eigenvalue weighted by molar-refractivity contribution is 0.673. The molecule has 1 heterocycles. The highest BCUT2D eigenvalue weighted by Crippen LogP contribution is 2.46. The molecule has 0 aliphatic carbocycles. The molecule has 0 bridgehead atoms. The van der Waals surface area contributed by atoms with Gasteiger partial charge in [0.15, 0.2) is 0 Å². The molecule has 0 spiro atoms. The number of para-hydroxylation sites is 1. The molecule has 0 aliphatic rings. The lowest BCUT2D eigenvalue weighted by Gasteiger charge is -2.28. The van der Waals surface area contributed by atoms with Gasteiger partial charge in [-0.15, -0.1) is 0 Å². The van der Waals surface area contributed by atoms with Crippen LogP contribution in [0.2, 0.25) is 0 Å². The first-order valence-corrected chi connectivity index (χ1v) is 19.4.